The summed E-state index contributed by atoms with van der Waals surface area (Å²) in [7, 11) is 0. The molecule has 2 rings (SSSR count). The average molecular weight is 322 g/mol. The lowest BCUT2D eigenvalue weighted by molar-refractivity contribution is -0.274. The van der Waals surface area contributed by atoms with Gasteiger partial charge in [0.15, 0.2) is 0 Å². The normalized spacial score (nSPS) is 12.0. The molecule has 0 saturated carbocycles. The summed E-state index contributed by atoms with van der Waals surface area (Å²) in [5.41, 5.74) is 4.09. The second-order valence-corrected chi connectivity index (χ2v) is 6.19. The predicted octanol–water partition coefficient (Wildman–Crippen LogP) is 6.50. The molecule has 0 bridgehead atoms. The van der Waals surface area contributed by atoms with E-state index in [1.54, 1.807) is 6.07 Å². The Morgan fingerprint density at radius 2 is 1.52 bits per heavy atom. The molecule has 0 aliphatic carbocycles. The van der Waals surface area contributed by atoms with Crippen molar-refractivity contribution in [1.82, 2.24) is 0 Å². The van der Waals surface area contributed by atoms with E-state index in [0.29, 0.717) is 5.92 Å². The maximum atomic E-state index is 12.4. The van der Waals surface area contributed by atoms with Gasteiger partial charge in [-0.25, -0.2) is 0 Å². The van der Waals surface area contributed by atoms with Crippen molar-refractivity contribution in [3.63, 3.8) is 0 Å². The van der Waals surface area contributed by atoms with Gasteiger partial charge in [-0.2, -0.15) is 0 Å². The molecule has 1 nitrogen and oxygen atoms in total. The molecule has 0 saturated heterocycles. The molecule has 0 radical (unpaired) electrons. The number of halogens is 3. The smallest absolute Gasteiger partial charge is 0.406 e. The minimum atomic E-state index is -4.68. The standard InChI is InChI=1S/C19H21F3O/c1-12(2)16-9-6-10-17(18(16)13(3)4)14-7-5-8-15(11-14)23-19(20,21)22/h5-13H,1-4H3. The molecule has 0 amide bonds. The molecule has 0 heterocycles. The number of hydrogen-bond acceptors (Lipinski definition) is 1. The zero-order valence-corrected chi connectivity index (χ0v) is 13.7. The fraction of sp³-hybridized carbons (Fsp3) is 0.368. The average Bonchev–Trinajstić information content (AvgIpc) is 2.44. The summed E-state index contributed by atoms with van der Waals surface area (Å²) in [6.07, 6.45) is -4.68. The molecular formula is C19H21F3O. The molecule has 23 heavy (non-hydrogen) atoms. The Balaban J connectivity index is 2.54. The van der Waals surface area contributed by atoms with Gasteiger partial charge in [0, 0.05) is 0 Å². The minimum absolute atomic E-state index is 0.195. The molecule has 0 unspecified atom stereocenters. The van der Waals surface area contributed by atoms with E-state index in [0.717, 1.165) is 11.1 Å². The second-order valence-electron chi connectivity index (χ2n) is 6.19. The third-order valence-corrected chi connectivity index (χ3v) is 3.72. The molecular weight excluding hydrogens is 301 g/mol. The van der Waals surface area contributed by atoms with Crippen molar-refractivity contribution in [2.24, 2.45) is 0 Å². The second kappa shape index (κ2) is 6.65. The Labute approximate surface area is 135 Å². The van der Waals surface area contributed by atoms with E-state index in [4.69, 9.17) is 0 Å². The van der Waals surface area contributed by atoms with Crippen molar-refractivity contribution in [2.45, 2.75) is 45.9 Å². The van der Waals surface area contributed by atoms with E-state index in [-0.39, 0.29) is 11.7 Å². The van der Waals surface area contributed by atoms with Crippen molar-refractivity contribution in [1.29, 1.82) is 0 Å². The monoisotopic (exact) mass is 322 g/mol. The predicted molar refractivity (Wildman–Crippen MR) is 86.7 cm³/mol. The fourth-order valence-electron chi connectivity index (χ4n) is 2.84. The molecule has 2 aromatic carbocycles. The maximum Gasteiger partial charge on any atom is 0.573 e. The highest BCUT2D eigenvalue weighted by molar-refractivity contribution is 5.71. The molecule has 4 heteroatoms. The van der Waals surface area contributed by atoms with E-state index < -0.39 is 6.36 Å². The molecule has 2 aromatic rings. The zero-order chi connectivity index (χ0) is 17.2. The molecule has 0 aromatic heterocycles. The van der Waals surface area contributed by atoms with Crippen LogP contribution in [0.2, 0.25) is 0 Å². The van der Waals surface area contributed by atoms with Crippen LogP contribution in [0, 0.1) is 0 Å². The van der Waals surface area contributed by atoms with Gasteiger partial charge in [-0.1, -0.05) is 58.0 Å². The van der Waals surface area contributed by atoms with Crippen LogP contribution in [-0.4, -0.2) is 6.36 Å². The number of rotatable bonds is 4. The molecule has 0 aliphatic heterocycles. The summed E-state index contributed by atoms with van der Waals surface area (Å²) in [6, 6.07) is 12.1. The van der Waals surface area contributed by atoms with Gasteiger partial charge in [-0.15, -0.1) is 13.2 Å². The largest absolute Gasteiger partial charge is 0.573 e. The first kappa shape index (κ1) is 17.4. The molecule has 0 fully saturated rings. The van der Waals surface area contributed by atoms with Crippen LogP contribution in [0.5, 0.6) is 5.75 Å². The third kappa shape index (κ3) is 4.27. The molecule has 0 N–H and O–H groups in total. The van der Waals surface area contributed by atoms with Gasteiger partial charge in [-0.3, -0.25) is 0 Å². The summed E-state index contributed by atoms with van der Waals surface area (Å²) in [5.74, 6) is 0.428. The lowest BCUT2D eigenvalue weighted by Gasteiger charge is -2.21. The number of alkyl halides is 3. The SMILES string of the molecule is CC(C)c1cccc(-c2cccc(OC(F)(F)F)c2)c1C(C)C. The third-order valence-electron chi connectivity index (χ3n) is 3.72. The summed E-state index contributed by atoms with van der Waals surface area (Å²) < 4.78 is 41.3. The molecule has 124 valence electrons. The first-order chi connectivity index (χ1) is 10.7. The van der Waals surface area contributed by atoms with Crippen LogP contribution in [0.15, 0.2) is 42.5 Å². The minimum Gasteiger partial charge on any atom is -0.406 e. The Morgan fingerprint density at radius 1 is 0.870 bits per heavy atom. The van der Waals surface area contributed by atoms with Gasteiger partial charge >= 0.3 is 6.36 Å². The number of ether oxygens (including phenoxy) is 1. The van der Waals surface area contributed by atoms with Crippen molar-refractivity contribution in [2.75, 3.05) is 0 Å². The Bertz CT molecular complexity index is 673. The number of benzene rings is 2. The quantitative estimate of drug-likeness (QED) is 0.624. The van der Waals surface area contributed by atoms with Crippen LogP contribution in [-0.2, 0) is 0 Å². The van der Waals surface area contributed by atoms with Crippen molar-refractivity contribution >= 4 is 0 Å². The Hall–Kier alpha value is -1.97. The molecule has 0 atom stereocenters. The van der Waals surface area contributed by atoms with Crippen LogP contribution in [0.1, 0.15) is 50.7 Å². The Kier molecular flexibility index (Phi) is 5.03. The van der Waals surface area contributed by atoms with Crippen LogP contribution in [0.25, 0.3) is 11.1 Å². The maximum absolute atomic E-state index is 12.4. The Morgan fingerprint density at radius 3 is 2.09 bits per heavy atom. The summed E-state index contributed by atoms with van der Waals surface area (Å²) >= 11 is 0. The fourth-order valence-corrected chi connectivity index (χ4v) is 2.84. The van der Waals surface area contributed by atoms with Crippen molar-refractivity contribution < 1.29 is 17.9 Å². The van der Waals surface area contributed by atoms with Gasteiger partial charge < -0.3 is 4.74 Å². The van der Waals surface area contributed by atoms with Crippen molar-refractivity contribution in [3.05, 3.63) is 53.6 Å². The summed E-state index contributed by atoms with van der Waals surface area (Å²) in [4.78, 5) is 0. The summed E-state index contributed by atoms with van der Waals surface area (Å²) in [6.45, 7) is 8.43. The van der Waals surface area contributed by atoms with Gasteiger partial charge in [0.05, 0.1) is 0 Å². The topological polar surface area (TPSA) is 9.23 Å². The zero-order valence-electron chi connectivity index (χ0n) is 13.7. The highest BCUT2D eigenvalue weighted by Gasteiger charge is 2.31. The first-order valence-corrected chi connectivity index (χ1v) is 7.68. The lowest BCUT2D eigenvalue weighted by Crippen LogP contribution is -2.17. The van der Waals surface area contributed by atoms with Gasteiger partial charge in [-0.05, 0) is 46.2 Å². The van der Waals surface area contributed by atoms with E-state index >= 15 is 0 Å². The van der Waals surface area contributed by atoms with E-state index in [1.807, 2.05) is 18.2 Å². The van der Waals surface area contributed by atoms with Crippen LogP contribution < -0.4 is 4.74 Å². The van der Waals surface area contributed by atoms with Crippen LogP contribution in [0.4, 0.5) is 13.2 Å². The number of hydrogen-bond donors (Lipinski definition) is 0. The van der Waals surface area contributed by atoms with Crippen LogP contribution >= 0.6 is 0 Å². The highest BCUT2D eigenvalue weighted by atomic mass is 19.4. The highest BCUT2D eigenvalue weighted by Crippen LogP contribution is 2.36. The van der Waals surface area contributed by atoms with Gasteiger partial charge in [0.25, 0.3) is 0 Å². The van der Waals surface area contributed by atoms with E-state index in [2.05, 4.69) is 38.5 Å². The molecule has 0 spiro atoms. The first-order valence-electron chi connectivity index (χ1n) is 7.68. The van der Waals surface area contributed by atoms with Crippen molar-refractivity contribution in [3.8, 4) is 16.9 Å². The molecule has 0 aliphatic rings. The van der Waals surface area contributed by atoms with E-state index in [1.165, 1.54) is 23.3 Å². The van der Waals surface area contributed by atoms with Gasteiger partial charge in [0.2, 0.25) is 0 Å². The summed E-state index contributed by atoms with van der Waals surface area (Å²) in [5, 5.41) is 0. The van der Waals surface area contributed by atoms with E-state index in [9.17, 15) is 13.2 Å². The van der Waals surface area contributed by atoms with Gasteiger partial charge in [0.1, 0.15) is 5.75 Å². The lowest BCUT2D eigenvalue weighted by atomic mass is 9.84. The van der Waals surface area contributed by atoms with Crippen LogP contribution in [0.3, 0.4) is 0 Å².